The van der Waals surface area contributed by atoms with Gasteiger partial charge in [-0.25, -0.2) is 9.97 Å². The van der Waals surface area contributed by atoms with E-state index in [9.17, 15) is 4.79 Å². The van der Waals surface area contributed by atoms with Crippen LogP contribution in [0.3, 0.4) is 0 Å². The van der Waals surface area contributed by atoms with Crippen molar-refractivity contribution in [2.45, 2.75) is 56.9 Å². The van der Waals surface area contributed by atoms with Crippen LogP contribution < -0.4 is 4.90 Å². The number of hydrogen-bond donors (Lipinski definition) is 0. The zero-order valence-electron chi connectivity index (χ0n) is 19.7. The van der Waals surface area contributed by atoms with E-state index >= 15 is 0 Å². The Hall–Kier alpha value is -2.18. The molecule has 6 nitrogen and oxygen atoms in total. The maximum Gasteiger partial charge on any atom is 0.231 e. The number of benzene rings is 1. The van der Waals surface area contributed by atoms with Crippen molar-refractivity contribution >= 4 is 23.3 Å². The van der Waals surface area contributed by atoms with Crippen LogP contribution in [0.2, 0.25) is 5.02 Å². The van der Waals surface area contributed by atoms with Gasteiger partial charge in [0.1, 0.15) is 12.1 Å². The normalized spacial score (nSPS) is 24.6. The first-order valence-corrected chi connectivity index (χ1v) is 12.7. The van der Waals surface area contributed by atoms with Gasteiger partial charge in [0.2, 0.25) is 5.91 Å². The molecule has 3 unspecified atom stereocenters. The second-order valence-corrected chi connectivity index (χ2v) is 10.3. The molecule has 0 saturated carbocycles. The summed E-state index contributed by atoms with van der Waals surface area (Å²) >= 11 is 6.16. The van der Waals surface area contributed by atoms with Crippen LogP contribution in [0.5, 0.6) is 0 Å². The highest BCUT2D eigenvalue weighted by atomic mass is 35.5. The number of amides is 1. The molecule has 2 aromatic rings. The molecule has 7 heteroatoms. The van der Waals surface area contributed by atoms with Crippen molar-refractivity contribution in [2.75, 3.05) is 44.7 Å². The fourth-order valence-electron chi connectivity index (χ4n) is 5.93. The number of likely N-dealkylation sites (tertiary alicyclic amines) is 1. The monoisotopic (exact) mass is 467 g/mol. The number of halogens is 1. The standard InChI is InChI=1S/C26H34ClN5O/c1-18-6-11-21-23(18)25(29-17-28-21)31-13-15-32(16-14-31)26(33)24(19-7-9-20(27)10-8-19)22-5-3-4-12-30(22)2/h7-10,17-18,22,24H,3-6,11-16H2,1-2H3. The molecule has 0 radical (unpaired) electrons. The van der Waals surface area contributed by atoms with E-state index in [-0.39, 0.29) is 17.9 Å². The van der Waals surface area contributed by atoms with Gasteiger partial charge in [-0.1, -0.05) is 37.1 Å². The first-order valence-electron chi connectivity index (χ1n) is 12.4. The number of anilines is 1. The first-order chi connectivity index (χ1) is 16.0. The van der Waals surface area contributed by atoms with Gasteiger partial charge >= 0.3 is 0 Å². The van der Waals surface area contributed by atoms with E-state index in [1.807, 2.05) is 24.3 Å². The Morgan fingerprint density at radius 1 is 1.03 bits per heavy atom. The van der Waals surface area contributed by atoms with Crippen molar-refractivity contribution in [3.63, 3.8) is 0 Å². The molecule has 1 amide bonds. The Balaban J connectivity index is 1.34. The Labute approximate surface area is 201 Å². The van der Waals surface area contributed by atoms with Crippen LogP contribution >= 0.6 is 11.6 Å². The second kappa shape index (κ2) is 9.59. The van der Waals surface area contributed by atoms with Gasteiger partial charge in [0, 0.05) is 48.5 Å². The molecule has 2 saturated heterocycles. The number of aromatic nitrogens is 2. The van der Waals surface area contributed by atoms with Gasteiger partial charge in [-0.15, -0.1) is 0 Å². The quantitative estimate of drug-likeness (QED) is 0.677. The SMILES string of the molecule is CC1CCc2ncnc(N3CCN(C(=O)C(c4ccc(Cl)cc4)C4CCCCN4C)CC3)c21. The molecule has 176 valence electrons. The Kier molecular flexibility index (Phi) is 6.57. The average Bonchev–Trinajstić information content (AvgIpc) is 3.23. The summed E-state index contributed by atoms with van der Waals surface area (Å²) in [6, 6.07) is 8.13. The smallest absolute Gasteiger partial charge is 0.231 e. The molecule has 5 rings (SSSR count). The van der Waals surface area contributed by atoms with Gasteiger partial charge < -0.3 is 14.7 Å². The van der Waals surface area contributed by atoms with Crippen molar-refractivity contribution < 1.29 is 4.79 Å². The number of rotatable bonds is 4. The molecule has 1 aromatic carbocycles. The lowest BCUT2D eigenvalue weighted by Gasteiger charge is -2.42. The highest BCUT2D eigenvalue weighted by Gasteiger charge is 2.38. The third-order valence-corrected chi connectivity index (χ3v) is 8.10. The summed E-state index contributed by atoms with van der Waals surface area (Å²) in [5.74, 6) is 1.68. The second-order valence-electron chi connectivity index (χ2n) is 9.88. The summed E-state index contributed by atoms with van der Waals surface area (Å²) in [6.07, 6.45) is 7.34. The van der Waals surface area contributed by atoms with Crippen molar-refractivity contribution in [1.82, 2.24) is 19.8 Å². The van der Waals surface area contributed by atoms with Crippen LogP contribution in [0.25, 0.3) is 0 Å². The molecule has 3 heterocycles. The van der Waals surface area contributed by atoms with E-state index in [0.717, 1.165) is 63.4 Å². The predicted octanol–water partition coefficient (Wildman–Crippen LogP) is 4.10. The maximum atomic E-state index is 13.9. The molecule has 2 aliphatic heterocycles. The molecule has 1 aliphatic carbocycles. The third kappa shape index (κ3) is 4.47. The van der Waals surface area contributed by atoms with Crippen LogP contribution in [-0.2, 0) is 11.2 Å². The van der Waals surface area contributed by atoms with E-state index in [2.05, 4.69) is 38.6 Å². The summed E-state index contributed by atoms with van der Waals surface area (Å²) < 4.78 is 0. The maximum absolute atomic E-state index is 13.9. The van der Waals surface area contributed by atoms with E-state index in [0.29, 0.717) is 10.9 Å². The molecule has 0 N–H and O–H groups in total. The van der Waals surface area contributed by atoms with E-state index in [1.165, 1.54) is 24.1 Å². The highest BCUT2D eigenvalue weighted by Crippen LogP contribution is 2.38. The zero-order chi connectivity index (χ0) is 22.9. The van der Waals surface area contributed by atoms with Gasteiger partial charge in [0.15, 0.2) is 0 Å². The van der Waals surface area contributed by atoms with E-state index in [1.54, 1.807) is 6.33 Å². The number of carbonyl (C=O) groups excluding carboxylic acids is 1. The van der Waals surface area contributed by atoms with Crippen LogP contribution in [0.4, 0.5) is 5.82 Å². The van der Waals surface area contributed by atoms with Gasteiger partial charge in [-0.2, -0.15) is 0 Å². The number of hydrogen-bond acceptors (Lipinski definition) is 5. The minimum Gasteiger partial charge on any atom is -0.353 e. The minimum atomic E-state index is -0.151. The Morgan fingerprint density at radius 2 is 1.79 bits per heavy atom. The van der Waals surface area contributed by atoms with E-state index in [4.69, 9.17) is 11.6 Å². The summed E-state index contributed by atoms with van der Waals surface area (Å²) in [4.78, 5) is 29.9. The lowest BCUT2D eigenvalue weighted by Crippen LogP contribution is -2.53. The van der Waals surface area contributed by atoms with Crippen LogP contribution in [0.15, 0.2) is 30.6 Å². The minimum absolute atomic E-state index is 0.151. The summed E-state index contributed by atoms with van der Waals surface area (Å²) in [5, 5.41) is 0.710. The fourth-order valence-corrected chi connectivity index (χ4v) is 6.06. The summed E-state index contributed by atoms with van der Waals surface area (Å²) in [6.45, 7) is 6.41. The molecule has 0 bridgehead atoms. The number of carbonyl (C=O) groups is 1. The largest absolute Gasteiger partial charge is 0.353 e. The molecular weight excluding hydrogens is 434 g/mol. The number of piperidine rings is 1. The van der Waals surface area contributed by atoms with Crippen LogP contribution in [0.1, 0.15) is 61.3 Å². The van der Waals surface area contributed by atoms with Gasteiger partial charge in [0.05, 0.1) is 5.92 Å². The van der Waals surface area contributed by atoms with Crippen LogP contribution in [-0.4, -0.2) is 71.5 Å². The van der Waals surface area contributed by atoms with Gasteiger partial charge in [-0.3, -0.25) is 4.79 Å². The predicted molar refractivity (Wildman–Crippen MR) is 132 cm³/mol. The number of piperazine rings is 1. The van der Waals surface area contributed by atoms with Crippen molar-refractivity contribution in [1.29, 1.82) is 0 Å². The van der Waals surface area contributed by atoms with Gasteiger partial charge in [-0.05, 0) is 62.9 Å². The van der Waals surface area contributed by atoms with Crippen molar-refractivity contribution in [3.8, 4) is 0 Å². The van der Waals surface area contributed by atoms with Crippen molar-refractivity contribution in [2.24, 2.45) is 0 Å². The highest BCUT2D eigenvalue weighted by molar-refractivity contribution is 6.30. The molecule has 2 fully saturated rings. The number of nitrogens with zero attached hydrogens (tertiary/aromatic N) is 5. The molecule has 3 aliphatic rings. The van der Waals surface area contributed by atoms with Crippen LogP contribution in [0, 0.1) is 0 Å². The lowest BCUT2D eigenvalue weighted by molar-refractivity contribution is -0.135. The topological polar surface area (TPSA) is 52.6 Å². The molecule has 33 heavy (non-hydrogen) atoms. The molecule has 3 atom stereocenters. The molecule has 1 aromatic heterocycles. The zero-order valence-corrected chi connectivity index (χ0v) is 20.5. The van der Waals surface area contributed by atoms with Crippen molar-refractivity contribution in [3.05, 3.63) is 52.4 Å². The first kappa shape index (κ1) is 22.6. The molecule has 0 spiro atoms. The van der Waals surface area contributed by atoms with Gasteiger partial charge in [0.25, 0.3) is 0 Å². The van der Waals surface area contributed by atoms with E-state index < -0.39 is 0 Å². The number of aryl methyl sites for hydroxylation is 1. The average molecular weight is 468 g/mol. The summed E-state index contributed by atoms with van der Waals surface area (Å²) in [7, 11) is 2.16. The Morgan fingerprint density at radius 3 is 2.52 bits per heavy atom. The number of fused-ring (bicyclic) bond motifs is 1. The number of likely N-dealkylation sites (N-methyl/N-ethyl adjacent to an activating group) is 1. The third-order valence-electron chi connectivity index (χ3n) is 7.85. The Bertz CT molecular complexity index is 989. The summed E-state index contributed by atoms with van der Waals surface area (Å²) in [5.41, 5.74) is 3.60. The molecular formula is C26H34ClN5O. The lowest BCUT2D eigenvalue weighted by atomic mass is 9.84. The fraction of sp³-hybridized carbons (Fsp3) is 0.577.